The van der Waals surface area contributed by atoms with Gasteiger partial charge in [-0.2, -0.15) is 0 Å². The number of hydrogen-bond donors (Lipinski definition) is 1. The highest BCUT2D eigenvalue weighted by molar-refractivity contribution is 8.18. The zero-order valence-electron chi connectivity index (χ0n) is 15.0. The molecule has 0 saturated carbocycles. The molecule has 1 N–H and O–H groups in total. The van der Waals surface area contributed by atoms with Crippen LogP contribution in [0.3, 0.4) is 0 Å². The number of unbranched alkanes of at least 4 members (excludes halogenated alkanes) is 2. The van der Waals surface area contributed by atoms with Crippen LogP contribution in [0.15, 0.2) is 0 Å². The number of thioether (sulfide) groups is 2. The van der Waals surface area contributed by atoms with Gasteiger partial charge in [0.1, 0.15) is 4.58 Å². The lowest BCUT2D eigenvalue weighted by Gasteiger charge is -2.20. The van der Waals surface area contributed by atoms with Crippen molar-refractivity contribution >= 4 is 29.5 Å². The van der Waals surface area contributed by atoms with E-state index in [0.717, 1.165) is 24.3 Å². The van der Waals surface area contributed by atoms with Gasteiger partial charge < -0.3 is 5.11 Å². The number of hydrogen-bond acceptors (Lipinski definition) is 3. The van der Waals surface area contributed by atoms with Crippen LogP contribution in [-0.4, -0.2) is 27.2 Å². The molecular formula is C18H36O2S2. The smallest absolute Gasteiger partial charge is 0.326 e. The highest BCUT2D eigenvalue weighted by atomic mass is 32.2. The summed E-state index contributed by atoms with van der Waals surface area (Å²) in [4.78, 5) is 11.5. The monoisotopic (exact) mass is 348 g/mol. The summed E-state index contributed by atoms with van der Waals surface area (Å²) >= 11 is 3.31. The number of carboxylic acids is 1. The molecule has 22 heavy (non-hydrogen) atoms. The van der Waals surface area contributed by atoms with E-state index in [-0.39, 0.29) is 4.58 Å². The van der Waals surface area contributed by atoms with Crippen molar-refractivity contribution in [2.45, 2.75) is 83.6 Å². The molecule has 0 aromatic carbocycles. The molecule has 0 amide bonds. The van der Waals surface area contributed by atoms with E-state index in [1.54, 1.807) is 23.5 Å². The van der Waals surface area contributed by atoms with Crippen LogP contribution >= 0.6 is 23.5 Å². The van der Waals surface area contributed by atoms with E-state index < -0.39 is 5.97 Å². The third kappa shape index (κ3) is 10.8. The lowest BCUT2D eigenvalue weighted by Crippen LogP contribution is -2.17. The Morgan fingerprint density at radius 2 is 1.27 bits per heavy atom. The first kappa shape index (κ1) is 22.2. The topological polar surface area (TPSA) is 37.3 Å². The first-order valence-corrected chi connectivity index (χ1v) is 11.1. The Morgan fingerprint density at radius 3 is 1.55 bits per heavy atom. The Morgan fingerprint density at radius 1 is 0.864 bits per heavy atom. The van der Waals surface area contributed by atoms with Crippen LogP contribution in [0.25, 0.3) is 0 Å². The number of aliphatic carboxylic acids is 1. The number of carboxylic acid groups (broad SMARTS) is 1. The van der Waals surface area contributed by atoms with Gasteiger partial charge in [0.05, 0.1) is 0 Å². The summed E-state index contributed by atoms with van der Waals surface area (Å²) in [7, 11) is 0. The van der Waals surface area contributed by atoms with Gasteiger partial charge in [0.2, 0.25) is 0 Å². The van der Waals surface area contributed by atoms with Gasteiger partial charge >= 0.3 is 5.97 Å². The minimum Gasteiger partial charge on any atom is -0.480 e. The van der Waals surface area contributed by atoms with Crippen molar-refractivity contribution < 1.29 is 9.90 Å². The van der Waals surface area contributed by atoms with Gasteiger partial charge in [-0.25, -0.2) is 0 Å². The summed E-state index contributed by atoms with van der Waals surface area (Å²) in [5.41, 5.74) is 0. The standard InChI is InChI=1S/C18H36O2S2/c1-5-9-11-15(7-3)13-21-18(17(19)20)22-14-16(8-4)12-10-6-2/h15-16,18H,5-14H2,1-4H3,(H,19,20). The summed E-state index contributed by atoms with van der Waals surface area (Å²) in [6.07, 6.45) is 9.80. The zero-order valence-corrected chi connectivity index (χ0v) is 16.6. The van der Waals surface area contributed by atoms with Gasteiger partial charge in [-0.05, 0) is 36.2 Å². The molecule has 0 aliphatic heterocycles. The van der Waals surface area contributed by atoms with Crippen molar-refractivity contribution in [3.8, 4) is 0 Å². The molecule has 0 rings (SSSR count). The second-order valence-corrected chi connectivity index (χ2v) is 8.74. The van der Waals surface area contributed by atoms with Crippen molar-refractivity contribution in [2.24, 2.45) is 11.8 Å². The van der Waals surface area contributed by atoms with Crippen LogP contribution in [-0.2, 0) is 4.79 Å². The molecule has 0 aromatic heterocycles. The van der Waals surface area contributed by atoms with E-state index in [1.807, 2.05) is 0 Å². The molecule has 2 nitrogen and oxygen atoms in total. The van der Waals surface area contributed by atoms with Gasteiger partial charge in [0, 0.05) is 0 Å². The van der Waals surface area contributed by atoms with Crippen molar-refractivity contribution in [1.29, 1.82) is 0 Å². The molecule has 0 heterocycles. The molecule has 0 aliphatic carbocycles. The largest absolute Gasteiger partial charge is 0.480 e. The number of rotatable bonds is 15. The van der Waals surface area contributed by atoms with E-state index in [9.17, 15) is 9.90 Å². The number of carbonyl (C=O) groups is 1. The first-order valence-electron chi connectivity index (χ1n) is 9.04. The molecule has 0 spiro atoms. The molecule has 2 unspecified atom stereocenters. The molecule has 0 radical (unpaired) electrons. The molecular weight excluding hydrogens is 312 g/mol. The van der Waals surface area contributed by atoms with Gasteiger partial charge in [-0.3, -0.25) is 4.79 Å². The summed E-state index contributed by atoms with van der Waals surface area (Å²) < 4.78 is -0.286. The molecule has 0 aromatic rings. The van der Waals surface area contributed by atoms with Crippen LogP contribution in [0.2, 0.25) is 0 Å². The quantitative estimate of drug-likeness (QED) is 0.353. The third-order valence-electron chi connectivity index (χ3n) is 4.25. The van der Waals surface area contributed by atoms with Crippen LogP contribution in [0.1, 0.15) is 79.1 Å². The van der Waals surface area contributed by atoms with Gasteiger partial charge in [0.15, 0.2) is 0 Å². The minimum atomic E-state index is -0.648. The molecule has 0 fully saturated rings. The highest BCUT2D eigenvalue weighted by Crippen LogP contribution is 2.31. The maximum absolute atomic E-state index is 11.5. The fourth-order valence-corrected chi connectivity index (χ4v) is 5.27. The van der Waals surface area contributed by atoms with Gasteiger partial charge in [-0.15, -0.1) is 23.5 Å². The molecule has 132 valence electrons. The van der Waals surface area contributed by atoms with Crippen LogP contribution < -0.4 is 0 Å². The maximum atomic E-state index is 11.5. The Bertz CT molecular complexity index is 252. The first-order chi connectivity index (χ1) is 10.6. The van der Waals surface area contributed by atoms with Crippen molar-refractivity contribution in [3.63, 3.8) is 0 Å². The Labute approximate surface area is 146 Å². The van der Waals surface area contributed by atoms with E-state index in [0.29, 0.717) is 11.8 Å². The lowest BCUT2D eigenvalue weighted by atomic mass is 10.0. The summed E-state index contributed by atoms with van der Waals surface area (Å²) in [6, 6.07) is 0. The van der Waals surface area contributed by atoms with Crippen molar-refractivity contribution in [2.75, 3.05) is 11.5 Å². The molecule has 2 atom stereocenters. The second-order valence-electron chi connectivity index (χ2n) is 6.17. The average molecular weight is 349 g/mol. The summed E-state index contributed by atoms with van der Waals surface area (Å²) in [6.45, 7) is 8.89. The lowest BCUT2D eigenvalue weighted by molar-refractivity contribution is -0.134. The average Bonchev–Trinajstić information content (AvgIpc) is 2.52. The maximum Gasteiger partial charge on any atom is 0.326 e. The summed E-state index contributed by atoms with van der Waals surface area (Å²) in [5.74, 6) is 2.69. The Balaban J connectivity index is 4.21. The van der Waals surface area contributed by atoms with Crippen LogP contribution in [0, 0.1) is 11.8 Å². The van der Waals surface area contributed by atoms with Crippen molar-refractivity contribution in [1.82, 2.24) is 0 Å². The predicted molar refractivity (Wildman–Crippen MR) is 103 cm³/mol. The molecule has 0 bridgehead atoms. The van der Waals surface area contributed by atoms with Crippen LogP contribution in [0.4, 0.5) is 0 Å². The fourth-order valence-electron chi connectivity index (χ4n) is 2.43. The van der Waals surface area contributed by atoms with Crippen LogP contribution in [0.5, 0.6) is 0 Å². The zero-order chi connectivity index (χ0) is 16.8. The SMILES string of the molecule is CCCCC(CC)CSC(SCC(CC)CCCC)C(=O)O. The van der Waals surface area contributed by atoms with E-state index >= 15 is 0 Å². The highest BCUT2D eigenvalue weighted by Gasteiger charge is 2.21. The van der Waals surface area contributed by atoms with Gasteiger partial charge in [-0.1, -0.05) is 66.2 Å². The fraction of sp³-hybridized carbons (Fsp3) is 0.944. The summed E-state index contributed by atoms with van der Waals surface area (Å²) in [5, 5.41) is 9.45. The third-order valence-corrected chi connectivity index (χ3v) is 7.41. The normalized spacial score (nSPS) is 15.5. The Kier molecular flexibility index (Phi) is 14.9. The van der Waals surface area contributed by atoms with Gasteiger partial charge in [0.25, 0.3) is 0 Å². The molecule has 0 aliphatic rings. The molecule has 0 saturated heterocycles. The second kappa shape index (κ2) is 14.7. The predicted octanol–water partition coefficient (Wildman–Crippen LogP) is 6.30. The van der Waals surface area contributed by atoms with E-state index in [1.165, 1.54) is 38.5 Å². The Hall–Kier alpha value is 0.170. The minimum absolute atomic E-state index is 0.286. The van der Waals surface area contributed by atoms with E-state index in [2.05, 4.69) is 27.7 Å². The van der Waals surface area contributed by atoms with Crippen molar-refractivity contribution in [3.05, 3.63) is 0 Å². The molecule has 4 heteroatoms. The van der Waals surface area contributed by atoms with E-state index in [4.69, 9.17) is 0 Å².